The third-order valence-corrected chi connectivity index (χ3v) is 4.19. The highest BCUT2D eigenvalue weighted by atomic mass is 32.2. The molecular weight excluding hydrogens is 238 g/mol. The molecule has 0 heterocycles. The molecule has 0 aliphatic carbocycles. The van der Waals surface area contributed by atoms with Gasteiger partial charge < -0.3 is 5.32 Å². The van der Waals surface area contributed by atoms with Crippen LogP contribution in [0.15, 0.2) is 24.3 Å². The van der Waals surface area contributed by atoms with E-state index in [2.05, 4.69) is 57.3 Å². The maximum atomic E-state index is 3.67. The van der Waals surface area contributed by atoms with Crippen LogP contribution in [0.2, 0.25) is 0 Å². The second kappa shape index (κ2) is 8.60. The van der Waals surface area contributed by atoms with Gasteiger partial charge in [0.05, 0.1) is 0 Å². The summed E-state index contributed by atoms with van der Waals surface area (Å²) < 4.78 is 0. The van der Waals surface area contributed by atoms with Gasteiger partial charge >= 0.3 is 0 Å². The van der Waals surface area contributed by atoms with Crippen molar-refractivity contribution >= 4 is 11.8 Å². The first-order chi connectivity index (χ1) is 8.67. The first-order valence-electron chi connectivity index (χ1n) is 7.11. The molecule has 0 aliphatic heterocycles. The van der Waals surface area contributed by atoms with Gasteiger partial charge in [-0.05, 0) is 35.8 Å². The van der Waals surface area contributed by atoms with Gasteiger partial charge in [-0.2, -0.15) is 11.8 Å². The summed E-state index contributed by atoms with van der Waals surface area (Å²) in [4.78, 5) is 0. The third kappa shape index (κ3) is 5.45. The summed E-state index contributed by atoms with van der Waals surface area (Å²) in [5, 5.41) is 4.37. The van der Waals surface area contributed by atoms with E-state index in [1.54, 1.807) is 0 Å². The largest absolute Gasteiger partial charge is 0.309 e. The van der Waals surface area contributed by atoms with E-state index in [4.69, 9.17) is 0 Å². The van der Waals surface area contributed by atoms with Crippen LogP contribution in [-0.4, -0.2) is 17.5 Å². The first kappa shape index (κ1) is 15.6. The van der Waals surface area contributed by atoms with Crippen molar-refractivity contribution in [2.24, 2.45) is 0 Å². The summed E-state index contributed by atoms with van der Waals surface area (Å²) in [6.07, 6.45) is 2.31. The minimum atomic E-state index is 0.490. The van der Waals surface area contributed by atoms with Crippen LogP contribution in [0, 0.1) is 0 Å². The Morgan fingerprint density at radius 2 is 2.00 bits per heavy atom. The van der Waals surface area contributed by atoms with Crippen LogP contribution in [-0.2, 0) is 6.42 Å². The Bertz CT molecular complexity index is 336. The normalized spacial score (nSPS) is 12.9. The lowest BCUT2D eigenvalue weighted by Crippen LogP contribution is -2.24. The zero-order valence-corrected chi connectivity index (χ0v) is 13.0. The van der Waals surface area contributed by atoms with E-state index in [9.17, 15) is 0 Å². The Morgan fingerprint density at radius 3 is 2.61 bits per heavy atom. The molecule has 0 spiro atoms. The van der Waals surface area contributed by atoms with Crippen LogP contribution in [0.3, 0.4) is 0 Å². The van der Waals surface area contributed by atoms with Gasteiger partial charge in [-0.3, -0.25) is 0 Å². The van der Waals surface area contributed by atoms with Gasteiger partial charge in [0.25, 0.3) is 0 Å². The van der Waals surface area contributed by atoms with Crippen molar-refractivity contribution in [3.63, 3.8) is 0 Å². The number of benzene rings is 1. The second-order valence-corrected chi connectivity index (χ2v) is 6.60. The van der Waals surface area contributed by atoms with E-state index in [1.165, 1.54) is 17.5 Å². The molecular formula is C16H27NS. The highest BCUT2D eigenvalue weighted by Gasteiger charge is 2.11. The van der Waals surface area contributed by atoms with Crippen molar-refractivity contribution in [1.29, 1.82) is 0 Å². The average molecular weight is 265 g/mol. The number of hydrogen-bond donors (Lipinski definition) is 1. The zero-order valence-electron chi connectivity index (χ0n) is 12.2. The predicted molar refractivity (Wildman–Crippen MR) is 84.4 cm³/mol. The highest BCUT2D eigenvalue weighted by Crippen LogP contribution is 2.22. The van der Waals surface area contributed by atoms with Crippen molar-refractivity contribution in [3.05, 3.63) is 35.4 Å². The number of nitrogens with one attached hydrogen (secondary N) is 1. The number of thioether (sulfide) groups is 1. The van der Waals surface area contributed by atoms with E-state index in [1.807, 2.05) is 11.8 Å². The first-order valence-corrected chi connectivity index (χ1v) is 8.16. The summed E-state index contributed by atoms with van der Waals surface area (Å²) in [5.74, 6) is 1.16. The smallest absolute Gasteiger partial charge is 0.0412 e. The summed E-state index contributed by atoms with van der Waals surface area (Å²) in [5.41, 5.74) is 2.88. The molecule has 0 aromatic heterocycles. The SMILES string of the molecule is CCCNC(CSC(C)C)c1cccc(CC)c1. The topological polar surface area (TPSA) is 12.0 Å². The maximum absolute atomic E-state index is 3.67. The molecule has 1 rings (SSSR count). The lowest BCUT2D eigenvalue weighted by atomic mass is 10.0. The monoisotopic (exact) mass is 265 g/mol. The van der Waals surface area contributed by atoms with Gasteiger partial charge in [0.15, 0.2) is 0 Å². The molecule has 1 aromatic carbocycles. The molecule has 0 fully saturated rings. The van der Waals surface area contributed by atoms with E-state index >= 15 is 0 Å². The molecule has 0 saturated heterocycles. The molecule has 1 aromatic rings. The molecule has 18 heavy (non-hydrogen) atoms. The van der Waals surface area contributed by atoms with Crippen LogP contribution in [0.1, 0.15) is 51.3 Å². The molecule has 1 N–H and O–H groups in total. The molecule has 2 heteroatoms. The van der Waals surface area contributed by atoms with E-state index in [0.717, 1.165) is 18.7 Å². The minimum Gasteiger partial charge on any atom is -0.309 e. The Kier molecular flexibility index (Phi) is 7.45. The lowest BCUT2D eigenvalue weighted by molar-refractivity contribution is 0.576. The number of aryl methyl sites for hydroxylation is 1. The van der Waals surface area contributed by atoms with E-state index in [-0.39, 0.29) is 0 Å². The van der Waals surface area contributed by atoms with E-state index in [0.29, 0.717) is 11.3 Å². The van der Waals surface area contributed by atoms with Gasteiger partial charge in [0, 0.05) is 11.8 Å². The molecule has 102 valence electrons. The molecule has 1 nitrogen and oxygen atoms in total. The van der Waals surface area contributed by atoms with Crippen molar-refractivity contribution in [1.82, 2.24) is 5.32 Å². The van der Waals surface area contributed by atoms with Crippen molar-refractivity contribution in [2.45, 2.75) is 51.8 Å². The molecule has 0 bridgehead atoms. The third-order valence-electron chi connectivity index (χ3n) is 3.00. The summed E-state index contributed by atoms with van der Waals surface area (Å²) in [6, 6.07) is 9.51. The molecule has 1 atom stereocenters. The van der Waals surface area contributed by atoms with Crippen LogP contribution < -0.4 is 5.32 Å². The Labute approximate surface area is 117 Å². The standard InChI is InChI=1S/C16H27NS/c1-5-10-17-16(12-18-13(3)4)15-9-7-8-14(6-2)11-15/h7-9,11,13,16-17H,5-6,10,12H2,1-4H3. The quantitative estimate of drug-likeness (QED) is 0.746. The fourth-order valence-corrected chi connectivity index (χ4v) is 2.80. The van der Waals surface area contributed by atoms with Gasteiger partial charge in [0.1, 0.15) is 0 Å². The zero-order chi connectivity index (χ0) is 13.4. The lowest BCUT2D eigenvalue weighted by Gasteiger charge is -2.20. The average Bonchev–Trinajstić information content (AvgIpc) is 2.38. The summed E-state index contributed by atoms with van der Waals surface area (Å²) in [6.45, 7) is 10.1. The van der Waals surface area contributed by atoms with Crippen molar-refractivity contribution in [3.8, 4) is 0 Å². The van der Waals surface area contributed by atoms with E-state index < -0.39 is 0 Å². The number of rotatable bonds is 8. The van der Waals surface area contributed by atoms with Gasteiger partial charge in [0.2, 0.25) is 0 Å². The van der Waals surface area contributed by atoms with Crippen LogP contribution in [0.25, 0.3) is 0 Å². The second-order valence-electron chi connectivity index (χ2n) is 4.99. The van der Waals surface area contributed by atoms with Crippen molar-refractivity contribution in [2.75, 3.05) is 12.3 Å². The molecule has 0 amide bonds. The molecule has 0 radical (unpaired) electrons. The minimum absolute atomic E-state index is 0.490. The van der Waals surface area contributed by atoms with Crippen LogP contribution in [0.5, 0.6) is 0 Å². The van der Waals surface area contributed by atoms with Crippen molar-refractivity contribution < 1.29 is 0 Å². The highest BCUT2D eigenvalue weighted by molar-refractivity contribution is 7.99. The van der Waals surface area contributed by atoms with Crippen LogP contribution >= 0.6 is 11.8 Å². The fraction of sp³-hybridized carbons (Fsp3) is 0.625. The molecule has 0 saturated carbocycles. The Morgan fingerprint density at radius 1 is 1.22 bits per heavy atom. The van der Waals surface area contributed by atoms with Gasteiger partial charge in [-0.15, -0.1) is 0 Å². The molecule has 1 unspecified atom stereocenters. The predicted octanol–water partition coefficient (Wildman–Crippen LogP) is 4.43. The fourth-order valence-electron chi connectivity index (χ4n) is 1.91. The van der Waals surface area contributed by atoms with Gasteiger partial charge in [-0.25, -0.2) is 0 Å². The summed E-state index contributed by atoms with van der Waals surface area (Å²) in [7, 11) is 0. The summed E-state index contributed by atoms with van der Waals surface area (Å²) >= 11 is 2.04. The van der Waals surface area contributed by atoms with Gasteiger partial charge in [-0.1, -0.05) is 52.0 Å². The number of hydrogen-bond acceptors (Lipinski definition) is 2. The maximum Gasteiger partial charge on any atom is 0.0412 e. The Balaban J connectivity index is 2.72. The van der Waals surface area contributed by atoms with Crippen LogP contribution in [0.4, 0.5) is 0 Å². The molecule has 0 aliphatic rings. The Hall–Kier alpha value is -0.470.